The molecular formula is C29H44O4. The predicted molar refractivity (Wildman–Crippen MR) is 130 cm³/mol. The van der Waals surface area contributed by atoms with Crippen molar-refractivity contribution in [3.63, 3.8) is 0 Å². The fourth-order valence-corrected chi connectivity index (χ4v) is 8.58. The van der Waals surface area contributed by atoms with Gasteiger partial charge in [0.25, 0.3) is 0 Å². The highest BCUT2D eigenvalue weighted by Gasteiger charge is 2.58. The van der Waals surface area contributed by atoms with Crippen molar-refractivity contribution in [3.05, 3.63) is 23.5 Å². The normalized spacial score (nSPS) is 38.2. The molecule has 4 heteroatoms. The van der Waals surface area contributed by atoms with E-state index < -0.39 is 0 Å². The summed E-state index contributed by atoms with van der Waals surface area (Å²) >= 11 is 0. The molecule has 0 aliphatic heterocycles. The molecule has 0 aromatic carbocycles. The average molecular weight is 457 g/mol. The number of allylic oxidation sites excluding steroid dienone is 4. The number of methoxy groups -OCH3 is 1. The molecule has 0 unspecified atom stereocenters. The fraction of sp³-hybridized carbons (Fsp3) is 0.793. The second-order valence-electron chi connectivity index (χ2n) is 11.9. The summed E-state index contributed by atoms with van der Waals surface area (Å²) in [6, 6.07) is 0. The first kappa shape index (κ1) is 24.5. The summed E-state index contributed by atoms with van der Waals surface area (Å²) in [5.41, 5.74) is 2.10. The molecule has 0 saturated heterocycles. The molecule has 0 amide bonds. The van der Waals surface area contributed by atoms with Crippen molar-refractivity contribution in [3.8, 4) is 0 Å². The molecule has 0 heterocycles. The van der Waals surface area contributed by atoms with E-state index in [1.165, 1.54) is 58.1 Å². The molecule has 33 heavy (non-hydrogen) atoms. The third kappa shape index (κ3) is 4.56. The lowest BCUT2D eigenvalue weighted by atomic mass is 9.47. The van der Waals surface area contributed by atoms with Crippen LogP contribution in [0.2, 0.25) is 0 Å². The fourth-order valence-electron chi connectivity index (χ4n) is 8.58. The van der Waals surface area contributed by atoms with Crippen molar-refractivity contribution >= 4 is 11.9 Å². The van der Waals surface area contributed by atoms with Gasteiger partial charge < -0.3 is 9.47 Å². The maximum atomic E-state index is 11.4. The van der Waals surface area contributed by atoms with Crippen LogP contribution in [0.5, 0.6) is 0 Å². The van der Waals surface area contributed by atoms with Crippen molar-refractivity contribution < 1.29 is 19.1 Å². The zero-order chi connectivity index (χ0) is 23.8. The van der Waals surface area contributed by atoms with E-state index in [0.717, 1.165) is 61.0 Å². The van der Waals surface area contributed by atoms with Gasteiger partial charge in [-0.15, -0.1) is 0 Å². The molecule has 0 bridgehead atoms. The third-order valence-electron chi connectivity index (χ3n) is 10.3. The standard InChI is InChI=1S/C29H44O4/c1-19(8-6-7-9-27(31)32-5)24-12-13-25-23-11-10-21-18-22(33-20(2)30)14-16-28(21,3)26(23)15-17-29(24,25)4/h10,18-19,23-26H,6-9,11-17H2,1-5H3/t19-,23+,24-,25+,26+,28+,29-/m1/s1. The van der Waals surface area contributed by atoms with Crippen LogP contribution in [0.1, 0.15) is 98.3 Å². The highest BCUT2D eigenvalue weighted by Crippen LogP contribution is 2.67. The molecule has 184 valence electrons. The predicted octanol–water partition coefficient (Wildman–Crippen LogP) is 6.99. The SMILES string of the molecule is COC(=O)CCCC[C@@H](C)[C@H]1CC[C@H]2[C@@H]3CC=C4C=C(OC(C)=O)CC[C@]4(C)[C@H]3CC[C@]12C. The van der Waals surface area contributed by atoms with E-state index in [1.807, 2.05) is 0 Å². The number of fused-ring (bicyclic) bond motifs is 5. The maximum Gasteiger partial charge on any atom is 0.307 e. The van der Waals surface area contributed by atoms with Crippen LogP contribution in [0.25, 0.3) is 0 Å². The van der Waals surface area contributed by atoms with Gasteiger partial charge in [-0.05, 0) is 97.0 Å². The topological polar surface area (TPSA) is 52.6 Å². The lowest BCUT2D eigenvalue weighted by Crippen LogP contribution is -2.49. The van der Waals surface area contributed by atoms with Gasteiger partial charge in [-0.1, -0.05) is 39.7 Å². The lowest BCUT2D eigenvalue weighted by molar-refractivity contribution is -0.141. The molecule has 0 aromatic rings. The van der Waals surface area contributed by atoms with Crippen LogP contribution in [0.15, 0.2) is 23.5 Å². The van der Waals surface area contributed by atoms with Crippen LogP contribution in [0.3, 0.4) is 0 Å². The Kier molecular flexibility index (Phi) is 7.13. The lowest BCUT2D eigenvalue weighted by Gasteiger charge is -2.57. The summed E-state index contributed by atoms with van der Waals surface area (Å²) in [6.07, 6.45) is 17.1. The van der Waals surface area contributed by atoms with Crippen molar-refractivity contribution in [2.45, 2.75) is 98.3 Å². The van der Waals surface area contributed by atoms with Crippen LogP contribution < -0.4 is 0 Å². The molecule has 7 atom stereocenters. The van der Waals surface area contributed by atoms with E-state index in [1.54, 1.807) is 0 Å². The van der Waals surface area contributed by atoms with Crippen LogP contribution >= 0.6 is 0 Å². The first-order valence-corrected chi connectivity index (χ1v) is 13.4. The Bertz CT molecular complexity index is 825. The number of hydrogen-bond acceptors (Lipinski definition) is 4. The number of esters is 2. The van der Waals surface area contributed by atoms with E-state index >= 15 is 0 Å². The minimum absolute atomic E-state index is 0.0791. The Hall–Kier alpha value is -1.58. The van der Waals surface area contributed by atoms with Gasteiger partial charge in [0.1, 0.15) is 5.76 Å². The minimum atomic E-state index is -0.205. The number of carbonyl (C=O) groups excluding carboxylic acids is 2. The third-order valence-corrected chi connectivity index (χ3v) is 10.3. The largest absolute Gasteiger partial charge is 0.469 e. The molecule has 4 aliphatic carbocycles. The number of carbonyl (C=O) groups is 2. The minimum Gasteiger partial charge on any atom is -0.469 e. The van der Waals surface area contributed by atoms with E-state index in [-0.39, 0.29) is 17.4 Å². The van der Waals surface area contributed by atoms with Crippen molar-refractivity contribution in [2.75, 3.05) is 7.11 Å². The Balaban J connectivity index is 1.44. The van der Waals surface area contributed by atoms with Crippen LogP contribution in [0, 0.1) is 40.4 Å². The summed E-state index contributed by atoms with van der Waals surface area (Å²) in [7, 11) is 1.48. The van der Waals surface area contributed by atoms with Gasteiger partial charge in [0, 0.05) is 19.8 Å². The number of ether oxygens (including phenoxy) is 2. The van der Waals surface area contributed by atoms with Crippen molar-refractivity contribution in [1.29, 1.82) is 0 Å². The molecule has 4 aliphatic rings. The molecule has 4 rings (SSSR count). The van der Waals surface area contributed by atoms with E-state index in [0.29, 0.717) is 11.8 Å². The van der Waals surface area contributed by atoms with Gasteiger partial charge in [0.05, 0.1) is 7.11 Å². The summed E-state index contributed by atoms with van der Waals surface area (Å²) in [5.74, 6) is 4.47. The second kappa shape index (κ2) is 9.58. The van der Waals surface area contributed by atoms with Crippen LogP contribution in [-0.2, 0) is 19.1 Å². The van der Waals surface area contributed by atoms with Gasteiger partial charge in [-0.2, -0.15) is 0 Å². The van der Waals surface area contributed by atoms with E-state index in [2.05, 4.69) is 32.9 Å². The molecule has 2 saturated carbocycles. The Labute approximate surface area is 200 Å². The highest BCUT2D eigenvalue weighted by atomic mass is 16.5. The van der Waals surface area contributed by atoms with E-state index in [4.69, 9.17) is 9.47 Å². The molecule has 0 N–H and O–H groups in total. The zero-order valence-corrected chi connectivity index (χ0v) is 21.5. The van der Waals surface area contributed by atoms with Gasteiger partial charge in [0.2, 0.25) is 0 Å². The summed E-state index contributed by atoms with van der Waals surface area (Å²) in [4.78, 5) is 22.9. The summed E-state index contributed by atoms with van der Waals surface area (Å²) < 4.78 is 10.3. The Morgan fingerprint density at radius 2 is 1.91 bits per heavy atom. The number of unbranched alkanes of at least 4 members (excludes halogenated alkanes) is 1. The van der Waals surface area contributed by atoms with Gasteiger partial charge in [0.15, 0.2) is 0 Å². The van der Waals surface area contributed by atoms with Gasteiger partial charge >= 0.3 is 11.9 Å². The quantitative estimate of drug-likeness (QED) is 0.306. The second-order valence-corrected chi connectivity index (χ2v) is 11.9. The van der Waals surface area contributed by atoms with Gasteiger partial charge in [-0.25, -0.2) is 0 Å². The molecular weight excluding hydrogens is 412 g/mol. The number of hydrogen-bond donors (Lipinski definition) is 0. The first-order chi connectivity index (χ1) is 15.7. The average Bonchev–Trinajstić information content (AvgIpc) is 3.13. The highest BCUT2D eigenvalue weighted by molar-refractivity contribution is 5.69. The summed E-state index contributed by atoms with van der Waals surface area (Å²) in [5, 5.41) is 0. The molecule has 0 aromatic heterocycles. The van der Waals surface area contributed by atoms with Crippen LogP contribution in [0.4, 0.5) is 0 Å². The molecule has 0 spiro atoms. The zero-order valence-electron chi connectivity index (χ0n) is 21.5. The first-order valence-electron chi connectivity index (χ1n) is 13.4. The van der Waals surface area contributed by atoms with Crippen LogP contribution in [-0.4, -0.2) is 19.0 Å². The smallest absolute Gasteiger partial charge is 0.307 e. The van der Waals surface area contributed by atoms with E-state index in [9.17, 15) is 9.59 Å². The number of rotatable bonds is 7. The van der Waals surface area contributed by atoms with Crippen molar-refractivity contribution in [1.82, 2.24) is 0 Å². The van der Waals surface area contributed by atoms with Crippen molar-refractivity contribution in [2.24, 2.45) is 40.4 Å². The Morgan fingerprint density at radius 3 is 2.64 bits per heavy atom. The van der Waals surface area contributed by atoms with Gasteiger partial charge in [-0.3, -0.25) is 9.59 Å². The maximum absolute atomic E-state index is 11.4. The molecule has 4 nitrogen and oxygen atoms in total. The summed E-state index contributed by atoms with van der Waals surface area (Å²) in [6.45, 7) is 9.05. The Morgan fingerprint density at radius 1 is 1.12 bits per heavy atom. The monoisotopic (exact) mass is 456 g/mol. The molecule has 2 fully saturated rings. The molecule has 0 radical (unpaired) electrons.